The standard InChI is InChI=1S/C13H14N4O4/c1-21-9-2-3-11(14)10(4-9)13(20)16-8-5-15-17(6-8)7-12(18)19/h2-6H,7,14H2,1H3,(H,16,20)(H,18,19). The zero-order chi connectivity index (χ0) is 15.4. The number of carboxylic acid groups (broad SMARTS) is 1. The van der Waals surface area contributed by atoms with Crippen LogP contribution in [0.1, 0.15) is 10.4 Å². The zero-order valence-corrected chi connectivity index (χ0v) is 11.2. The van der Waals surface area contributed by atoms with Crippen molar-refractivity contribution in [3.63, 3.8) is 0 Å². The number of hydrogen-bond acceptors (Lipinski definition) is 5. The molecule has 8 heteroatoms. The average molecular weight is 290 g/mol. The Balaban J connectivity index is 2.14. The molecule has 0 fully saturated rings. The summed E-state index contributed by atoms with van der Waals surface area (Å²) in [7, 11) is 1.49. The zero-order valence-electron chi connectivity index (χ0n) is 11.2. The van der Waals surface area contributed by atoms with E-state index in [1.165, 1.54) is 30.3 Å². The molecule has 0 saturated carbocycles. The van der Waals surface area contributed by atoms with Crippen molar-refractivity contribution in [3.05, 3.63) is 36.2 Å². The Morgan fingerprint density at radius 2 is 2.24 bits per heavy atom. The molecule has 0 bridgehead atoms. The maximum atomic E-state index is 12.1. The van der Waals surface area contributed by atoms with Crippen LogP contribution in [-0.2, 0) is 11.3 Å². The highest BCUT2D eigenvalue weighted by atomic mass is 16.5. The first-order valence-electron chi connectivity index (χ1n) is 5.98. The Bertz CT molecular complexity index is 681. The summed E-state index contributed by atoms with van der Waals surface area (Å²) in [6.45, 7) is -0.281. The second-order valence-electron chi connectivity index (χ2n) is 4.23. The Morgan fingerprint density at radius 3 is 2.90 bits per heavy atom. The van der Waals surface area contributed by atoms with Crippen molar-refractivity contribution >= 4 is 23.3 Å². The molecule has 2 rings (SSSR count). The minimum Gasteiger partial charge on any atom is -0.497 e. The number of amides is 1. The smallest absolute Gasteiger partial charge is 0.325 e. The van der Waals surface area contributed by atoms with Gasteiger partial charge in [-0.2, -0.15) is 5.10 Å². The highest BCUT2D eigenvalue weighted by Crippen LogP contribution is 2.20. The number of hydrogen-bond donors (Lipinski definition) is 3. The molecule has 4 N–H and O–H groups in total. The number of methoxy groups -OCH3 is 1. The Hall–Kier alpha value is -3.03. The third kappa shape index (κ3) is 3.50. The number of nitrogens with zero attached hydrogens (tertiary/aromatic N) is 2. The quantitative estimate of drug-likeness (QED) is 0.701. The highest BCUT2D eigenvalue weighted by Gasteiger charge is 2.12. The number of ether oxygens (including phenoxy) is 1. The van der Waals surface area contributed by atoms with E-state index >= 15 is 0 Å². The molecule has 0 aliphatic carbocycles. The summed E-state index contributed by atoms with van der Waals surface area (Å²) in [5.74, 6) is -0.940. The second kappa shape index (κ2) is 5.95. The fourth-order valence-electron chi connectivity index (χ4n) is 1.71. The van der Waals surface area contributed by atoms with Crippen molar-refractivity contribution in [2.75, 3.05) is 18.2 Å². The molecule has 0 radical (unpaired) electrons. The lowest BCUT2D eigenvalue weighted by molar-refractivity contribution is -0.137. The number of rotatable bonds is 5. The van der Waals surface area contributed by atoms with E-state index < -0.39 is 11.9 Å². The van der Waals surface area contributed by atoms with Crippen molar-refractivity contribution in [1.82, 2.24) is 9.78 Å². The highest BCUT2D eigenvalue weighted by molar-refractivity contribution is 6.07. The largest absolute Gasteiger partial charge is 0.497 e. The van der Waals surface area contributed by atoms with Crippen LogP contribution in [0, 0.1) is 0 Å². The molecule has 0 aliphatic heterocycles. The minimum absolute atomic E-state index is 0.264. The van der Waals surface area contributed by atoms with Crippen LogP contribution in [0.25, 0.3) is 0 Å². The normalized spacial score (nSPS) is 10.1. The topological polar surface area (TPSA) is 119 Å². The predicted octanol–water partition coefficient (Wildman–Crippen LogP) is 0.811. The molecule has 1 aromatic carbocycles. The monoisotopic (exact) mass is 290 g/mol. The molecule has 21 heavy (non-hydrogen) atoms. The van der Waals surface area contributed by atoms with Crippen LogP contribution in [0.2, 0.25) is 0 Å². The first-order valence-corrected chi connectivity index (χ1v) is 5.98. The molecule has 0 spiro atoms. The van der Waals surface area contributed by atoms with Gasteiger partial charge in [-0.15, -0.1) is 0 Å². The van der Waals surface area contributed by atoms with Crippen molar-refractivity contribution in [1.29, 1.82) is 0 Å². The summed E-state index contributed by atoms with van der Waals surface area (Å²) in [5, 5.41) is 15.1. The number of aromatic nitrogens is 2. The maximum Gasteiger partial charge on any atom is 0.325 e. The van der Waals surface area contributed by atoms with E-state index in [-0.39, 0.29) is 12.1 Å². The van der Waals surface area contributed by atoms with Crippen molar-refractivity contribution < 1.29 is 19.4 Å². The number of nitrogen functional groups attached to an aromatic ring is 1. The van der Waals surface area contributed by atoms with Crippen LogP contribution in [0.15, 0.2) is 30.6 Å². The number of aliphatic carboxylic acids is 1. The third-order valence-corrected chi connectivity index (χ3v) is 2.69. The Kier molecular flexibility index (Phi) is 4.07. The van der Waals surface area contributed by atoms with Crippen LogP contribution >= 0.6 is 0 Å². The van der Waals surface area contributed by atoms with E-state index in [0.717, 1.165) is 0 Å². The summed E-state index contributed by atoms with van der Waals surface area (Å²) in [5.41, 5.74) is 6.71. The van der Waals surface area contributed by atoms with E-state index in [2.05, 4.69) is 10.4 Å². The lowest BCUT2D eigenvalue weighted by Crippen LogP contribution is -2.14. The molecule has 1 aromatic heterocycles. The van der Waals surface area contributed by atoms with Crippen molar-refractivity contribution in [2.45, 2.75) is 6.54 Å². The van der Waals surface area contributed by atoms with Crippen molar-refractivity contribution in [2.24, 2.45) is 0 Å². The number of anilines is 2. The van der Waals surface area contributed by atoms with Gasteiger partial charge in [-0.25, -0.2) is 0 Å². The van der Waals surface area contributed by atoms with E-state index in [0.29, 0.717) is 17.1 Å². The SMILES string of the molecule is COc1ccc(N)c(C(=O)Nc2cnn(CC(=O)O)c2)c1. The summed E-state index contributed by atoms with van der Waals surface area (Å²) in [6, 6.07) is 4.74. The van der Waals surface area contributed by atoms with Gasteiger partial charge in [0.25, 0.3) is 5.91 Å². The molecule has 0 atom stereocenters. The maximum absolute atomic E-state index is 12.1. The van der Waals surface area contributed by atoms with E-state index in [1.807, 2.05) is 0 Å². The third-order valence-electron chi connectivity index (χ3n) is 2.69. The lowest BCUT2D eigenvalue weighted by atomic mass is 10.1. The molecule has 110 valence electrons. The average Bonchev–Trinajstić information content (AvgIpc) is 2.85. The van der Waals surface area contributed by atoms with Gasteiger partial charge in [-0.1, -0.05) is 0 Å². The second-order valence-corrected chi connectivity index (χ2v) is 4.23. The summed E-state index contributed by atoms with van der Waals surface area (Å²) in [4.78, 5) is 22.7. The van der Waals surface area contributed by atoms with Crippen LogP contribution in [0.4, 0.5) is 11.4 Å². The number of carbonyl (C=O) groups excluding carboxylic acids is 1. The van der Waals surface area contributed by atoms with Gasteiger partial charge in [0.2, 0.25) is 0 Å². The number of benzene rings is 1. The molecule has 8 nitrogen and oxygen atoms in total. The van der Waals surface area contributed by atoms with Gasteiger partial charge in [0.15, 0.2) is 0 Å². The predicted molar refractivity (Wildman–Crippen MR) is 75.2 cm³/mol. The molecule has 1 amide bonds. The number of carboxylic acids is 1. The van der Waals surface area contributed by atoms with Crippen LogP contribution < -0.4 is 15.8 Å². The Labute approximate surface area is 120 Å². The van der Waals surface area contributed by atoms with Crippen LogP contribution in [0.3, 0.4) is 0 Å². The van der Waals surface area contributed by atoms with Gasteiger partial charge in [0, 0.05) is 11.9 Å². The molecule has 1 heterocycles. The van der Waals surface area contributed by atoms with Gasteiger partial charge in [0.05, 0.1) is 24.6 Å². The van der Waals surface area contributed by atoms with Crippen LogP contribution in [0.5, 0.6) is 5.75 Å². The fraction of sp³-hybridized carbons (Fsp3) is 0.154. The first-order chi connectivity index (χ1) is 9.99. The van der Waals surface area contributed by atoms with E-state index in [1.54, 1.807) is 12.1 Å². The van der Waals surface area contributed by atoms with E-state index in [9.17, 15) is 9.59 Å². The summed E-state index contributed by atoms with van der Waals surface area (Å²) < 4.78 is 6.24. The number of nitrogens with two attached hydrogens (primary N) is 1. The lowest BCUT2D eigenvalue weighted by Gasteiger charge is -2.07. The van der Waals surface area contributed by atoms with Crippen molar-refractivity contribution in [3.8, 4) is 5.75 Å². The molecule has 2 aromatic rings. The van der Waals surface area contributed by atoms with E-state index in [4.69, 9.17) is 15.6 Å². The number of carbonyl (C=O) groups is 2. The molecular weight excluding hydrogens is 276 g/mol. The first kappa shape index (κ1) is 14.4. The molecule has 0 aliphatic rings. The van der Waals surface area contributed by atoms with Crippen LogP contribution in [-0.4, -0.2) is 33.9 Å². The van der Waals surface area contributed by atoms with Gasteiger partial charge >= 0.3 is 5.97 Å². The van der Waals surface area contributed by atoms with Gasteiger partial charge < -0.3 is 20.9 Å². The van der Waals surface area contributed by atoms with Gasteiger partial charge in [-0.3, -0.25) is 14.3 Å². The van der Waals surface area contributed by atoms with Gasteiger partial charge in [-0.05, 0) is 18.2 Å². The fourth-order valence-corrected chi connectivity index (χ4v) is 1.71. The Morgan fingerprint density at radius 1 is 1.48 bits per heavy atom. The molecule has 0 saturated heterocycles. The number of nitrogens with one attached hydrogen (secondary N) is 1. The minimum atomic E-state index is -1.02. The summed E-state index contributed by atoms with van der Waals surface area (Å²) in [6.07, 6.45) is 2.78. The molecule has 0 unspecified atom stereocenters. The van der Waals surface area contributed by atoms with Gasteiger partial charge in [0.1, 0.15) is 12.3 Å². The molecular formula is C13H14N4O4. The summed E-state index contributed by atoms with van der Waals surface area (Å²) >= 11 is 0.